The van der Waals surface area contributed by atoms with Crippen molar-refractivity contribution in [1.82, 2.24) is 19.8 Å². The molecule has 1 N–H and O–H groups in total. The number of nitrogens with zero attached hydrogens (tertiary/aromatic N) is 3. The monoisotopic (exact) mass is 504 g/mol. The van der Waals surface area contributed by atoms with Crippen LogP contribution in [0.4, 0.5) is 0 Å². The lowest BCUT2D eigenvalue weighted by molar-refractivity contribution is -0.131. The molecule has 168 valence electrons. The zero-order valence-electron chi connectivity index (χ0n) is 18.5. The highest BCUT2D eigenvalue weighted by Gasteiger charge is 2.21. The van der Waals surface area contributed by atoms with E-state index in [1.54, 1.807) is 24.1 Å². The molecular weight excluding hydrogens is 480 g/mol. The van der Waals surface area contributed by atoms with Gasteiger partial charge in [-0.05, 0) is 42.8 Å². The van der Waals surface area contributed by atoms with E-state index in [1.807, 2.05) is 78.2 Å². The lowest BCUT2D eigenvalue weighted by Gasteiger charge is -2.20. The molecule has 0 aliphatic carbocycles. The van der Waals surface area contributed by atoms with Crippen molar-refractivity contribution in [1.29, 1.82) is 0 Å². The minimum absolute atomic E-state index is 0.0335. The van der Waals surface area contributed by atoms with Crippen LogP contribution in [0.15, 0.2) is 83.3 Å². The van der Waals surface area contributed by atoms with Gasteiger partial charge < -0.3 is 14.8 Å². The SMILES string of the molecule is CC(NC(=O)c1cccc(Br)c1)c1nc2ccccc2n1CC(=O)N(C)Cc1ccccc1. The highest BCUT2D eigenvalue weighted by molar-refractivity contribution is 9.10. The molecule has 0 aliphatic heterocycles. The maximum absolute atomic E-state index is 13.1. The fourth-order valence-electron chi connectivity index (χ4n) is 3.77. The molecule has 0 radical (unpaired) electrons. The van der Waals surface area contributed by atoms with Crippen molar-refractivity contribution in [3.63, 3.8) is 0 Å². The molecule has 6 nitrogen and oxygen atoms in total. The number of likely N-dealkylation sites (N-methyl/N-ethyl adjacent to an activating group) is 1. The Labute approximate surface area is 201 Å². The van der Waals surface area contributed by atoms with E-state index in [-0.39, 0.29) is 18.4 Å². The predicted molar refractivity (Wildman–Crippen MR) is 133 cm³/mol. The van der Waals surface area contributed by atoms with Gasteiger partial charge in [0.15, 0.2) is 0 Å². The second kappa shape index (κ2) is 10.0. The van der Waals surface area contributed by atoms with Crippen molar-refractivity contribution in [2.75, 3.05) is 7.05 Å². The van der Waals surface area contributed by atoms with Gasteiger partial charge in [-0.25, -0.2) is 4.98 Å². The van der Waals surface area contributed by atoms with Crippen molar-refractivity contribution < 1.29 is 9.59 Å². The molecule has 0 saturated carbocycles. The van der Waals surface area contributed by atoms with E-state index in [1.165, 1.54) is 0 Å². The molecule has 0 saturated heterocycles. The van der Waals surface area contributed by atoms with Gasteiger partial charge in [0.1, 0.15) is 12.4 Å². The highest BCUT2D eigenvalue weighted by Crippen LogP contribution is 2.22. The van der Waals surface area contributed by atoms with Crippen molar-refractivity contribution in [3.05, 3.63) is 100 Å². The van der Waals surface area contributed by atoms with Gasteiger partial charge in [-0.2, -0.15) is 0 Å². The number of carbonyl (C=O) groups is 2. The van der Waals surface area contributed by atoms with E-state index in [0.717, 1.165) is 21.1 Å². The molecule has 1 unspecified atom stereocenters. The van der Waals surface area contributed by atoms with Gasteiger partial charge in [0.25, 0.3) is 5.91 Å². The molecule has 4 aromatic rings. The third-order valence-electron chi connectivity index (χ3n) is 5.49. The first-order chi connectivity index (χ1) is 15.9. The van der Waals surface area contributed by atoms with Crippen LogP contribution in [0, 0.1) is 0 Å². The molecule has 1 heterocycles. The molecule has 0 bridgehead atoms. The summed E-state index contributed by atoms with van der Waals surface area (Å²) >= 11 is 3.40. The van der Waals surface area contributed by atoms with E-state index in [0.29, 0.717) is 17.9 Å². The van der Waals surface area contributed by atoms with E-state index in [2.05, 4.69) is 21.2 Å². The molecule has 0 aliphatic rings. The van der Waals surface area contributed by atoms with Gasteiger partial charge in [-0.15, -0.1) is 0 Å². The van der Waals surface area contributed by atoms with Crippen molar-refractivity contribution in [3.8, 4) is 0 Å². The minimum Gasteiger partial charge on any atom is -0.342 e. The summed E-state index contributed by atoms with van der Waals surface area (Å²) in [7, 11) is 1.80. The number of hydrogen-bond acceptors (Lipinski definition) is 3. The summed E-state index contributed by atoms with van der Waals surface area (Å²) in [5, 5.41) is 3.02. The standard InChI is InChI=1S/C26H25BrN4O2/c1-18(28-26(33)20-11-8-12-21(27)15-20)25-29-22-13-6-7-14-23(22)31(25)17-24(32)30(2)16-19-9-4-3-5-10-19/h3-15,18H,16-17H2,1-2H3,(H,28,33). The molecule has 3 aromatic carbocycles. The minimum atomic E-state index is -0.392. The Kier molecular flexibility index (Phi) is 6.89. The first kappa shape index (κ1) is 22.7. The first-order valence-electron chi connectivity index (χ1n) is 10.7. The largest absolute Gasteiger partial charge is 0.342 e. The van der Waals surface area contributed by atoms with Crippen LogP contribution in [0.2, 0.25) is 0 Å². The third kappa shape index (κ3) is 5.31. The van der Waals surface area contributed by atoms with E-state index < -0.39 is 6.04 Å². The third-order valence-corrected chi connectivity index (χ3v) is 5.98. The summed E-state index contributed by atoms with van der Waals surface area (Å²) in [6.45, 7) is 2.54. The summed E-state index contributed by atoms with van der Waals surface area (Å²) in [4.78, 5) is 32.3. The van der Waals surface area contributed by atoms with Crippen molar-refractivity contribution >= 4 is 38.8 Å². The molecule has 2 amide bonds. The van der Waals surface area contributed by atoms with E-state index in [4.69, 9.17) is 4.98 Å². The summed E-state index contributed by atoms with van der Waals surface area (Å²) in [5.74, 6) is 0.407. The van der Waals surface area contributed by atoms with Crippen LogP contribution in [0.3, 0.4) is 0 Å². The Morgan fingerprint density at radius 2 is 1.76 bits per heavy atom. The Hall–Kier alpha value is -3.45. The fraction of sp³-hybridized carbons (Fsp3) is 0.192. The number of carbonyl (C=O) groups excluding carboxylic acids is 2. The van der Waals surface area contributed by atoms with Crippen LogP contribution in [-0.4, -0.2) is 33.3 Å². The van der Waals surface area contributed by atoms with Crippen molar-refractivity contribution in [2.24, 2.45) is 0 Å². The number of benzene rings is 3. The van der Waals surface area contributed by atoms with E-state index in [9.17, 15) is 9.59 Å². The molecule has 0 fully saturated rings. The highest BCUT2D eigenvalue weighted by atomic mass is 79.9. The van der Waals surface area contributed by atoms with Gasteiger partial charge in [0.05, 0.1) is 17.1 Å². The Morgan fingerprint density at radius 1 is 1.03 bits per heavy atom. The lowest BCUT2D eigenvalue weighted by Crippen LogP contribution is -2.32. The molecule has 1 atom stereocenters. The van der Waals surface area contributed by atoms with Gasteiger partial charge in [0, 0.05) is 23.6 Å². The van der Waals surface area contributed by atoms with E-state index >= 15 is 0 Å². The molecule has 1 aromatic heterocycles. The summed E-state index contributed by atoms with van der Waals surface area (Å²) in [5.41, 5.74) is 3.27. The second-order valence-electron chi connectivity index (χ2n) is 7.99. The zero-order chi connectivity index (χ0) is 23.4. The predicted octanol–water partition coefficient (Wildman–Crippen LogP) is 4.95. The second-order valence-corrected chi connectivity index (χ2v) is 8.90. The lowest BCUT2D eigenvalue weighted by atomic mass is 10.2. The summed E-state index contributed by atoms with van der Waals surface area (Å²) in [6, 6.07) is 24.4. The number of hydrogen-bond donors (Lipinski definition) is 1. The van der Waals surface area contributed by atoms with Gasteiger partial charge in [-0.1, -0.05) is 64.5 Å². The fourth-order valence-corrected chi connectivity index (χ4v) is 4.17. The molecule has 0 spiro atoms. The smallest absolute Gasteiger partial charge is 0.251 e. The van der Waals surface area contributed by atoms with Crippen LogP contribution in [0.25, 0.3) is 11.0 Å². The van der Waals surface area contributed by atoms with Gasteiger partial charge in [0.2, 0.25) is 5.91 Å². The average molecular weight is 505 g/mol. The Bertz CT molecular complexity index is 1290. The number of rotatable bonds is 7. The molecule has 33 heavy (non-hydrogen) atoms. The summed E-state index contributed by atoms with van der Waals surface area (Å²) in [6.07, 6.45) is 0. The summed E-state index contributed by atoms with van der Waals surface area (Å²) < 4.78 is 2.73. The average Bonchev–Trinajstić information content (AvgIpc) is 3.18. The van der Waals surface area contributed by atoms with Gasteiger partial charge in [-0.3, -0.25) is 9.59 Å². The Morgan fingerprint density at radius 3 is 2.52 bits per heavy atom. The molecular formula is C26H25BrN4O2. The van der Waals surface area contributed by atoms with Crippen LogP contribution in [0.5, 0.6) is 0 Å². The number of aromatic nitrogens is 2. The van der Waals surface area contributed by atoms with Crippen LogP contribution < -0.4 is 5.32 Å². The number of imidazole rings is 1. The topological polar surface area (TPSA) is 67.2 Å². The zero-order valence-corrected chi connectivity index (χ0v) is 20.1. The quantitative estimate of drug-likeness (QED) is 0.387. The maximum Gasteiger partial charge on any atom is 0.251 e. The van der Waals surface area contributed by atoms with Crippen LogP contribution >= 0.6 is 15.9 Å². The Balaban J connectivity index is 1.57. The number of amides is 2. The number of nitrogens with one attached hydrogen (secondary N) is 1. The van der Waals surface area contributed by atoms with Gasteiger partial charge >= 0.3 is 0 Å². The number of para-hydroxylation sites is 2. The van der Waals surface area contributed by atoms with Crippen LogP contribution in [-0.2, 0) is 17.9 Å². The van der Waals surface area contributed by atoms with Crippen molar-refractivity contribution in [2.45, 2.75) is 26.1 Å². The number of fused-ring (bicyclic) bond motifs is 1. The molecule has 7 heteroatoms. The normalized spacial score (nSPS) is 11.8. The first-order valence-corrected chi connectivity index (χ1v) is 11.5. The maximum atomic E-state index is 13.1. The van der Waals surface area contributed by atoms with Crippen LogP contribution in [0.1, 0.15) is 34.7 Å². The number of halogens is 1. The molecule has 4 rings (SSSR count).